The molecule has 0 aliphatic carbocycles. The summed E-state index contributed by atoms with van der Waals surface area (Å²) in [7, 11) is 1.52. The van der Waals surface area contributed by atoms with Gasteiger partial charge in [0.1, 0.15) is 17.5 Å². The van der Waals surface area contributed by atoms with E-state index in [1.165, 1.54) is 7.11 Å². The van der Waals surface area contributed by atoms with Gasteiger partial charge >= 0.3 is 6.03 Å². The lowest BCUT2D eigenvalue weighted by Gasteiger charge is -2.31. The number of nitrogens with zero attached hydrogens (tertiary/aromatic N) is 2. The topological polar surface area (TPSA) is 65.4 Å². The van der Waals surface area contributed by atoms with Gasteiger partial charge in [0.25, 0.3) is 0 Å². The van der Waals surface area contributed by atoms with Crippen LogP contribution < -0.4 is 10.1 Å². The van der Waals surface area contributed by atoms with Crippen molar-refractivity contribution in [1.82, 2.24) is 4.90 Å². The van der Waals surface area contributed by atoms with E-state index in [2.05, 4.69) is 18.3 Å². The van der Waals surface area contributed by atoms with Crippen LogP contribution in [0.25, 0.3) is 0 Å². The summed E-state index contributed by atoms with van der Waals surface area (Å²) in [5.41, 5.74) is 0.850. The summed E-state index contributed by atoms with van der Waals surface area (Å²) in [6, 6.07) is 7.03. The highest BCUT2D eigenvalue weighted by atomic mass is 16.5. The van der Waals surface area contributed by atoms with Gasteiger partial charge in [0.05, 0.1) is 12.7 Å². The number of methoxy groups -OCH3 is 1. The van der Waals surface area contributed by atoms with Crippen LogP contribution in [0.5, 0.6) is 5.75 Å². The van der Waals surface area contributed by atoms with E-state index in [4.69, 9.17) is 10.00 Å². The molecule has 0 bridgehead atoms. The number of carbonyl (C=O) groups excluding carboxylic acids is 1. The standard InChI is InChI=1S/C15H19N3O2/c1-11-5-4-8-18(10-11)15(19)17-14-12(9-16)6-3-7-13(14)20-2/h3,6-7,11H,4-5,8,10H2,1-2H3,(H,17,19). The Kier molecular flexibility index (Phi) is 4.46. The van der Waals surface area contributed by atoms with Crippen molar-refractivity contribution in [3.05, 3.63) is 23.8 Å². The molecule has 0 saturated carbocycles. The molecular weight excluding hydrogens is 254 g/mol. The van der Waals surface area contributed by atoms with Crippen LogP contribution in [0.4, 0.5) is 10.5 Å². The summed E-state index contributed by atoms with van der Waals surface area (Å²) in [6.07, 6.45) is 2.17. The number of benzene rings is 1. The number of nitriles is 1. The molecule has 1 heterocycles. The molecule has 5 heteroatoms. The van der Waals surface area contributed by atoms with E-state index in [-0.39, 0.29) is 6.03 Å². The average Bonchev–Trinajstić information content (AvgIpc) is 2.47. The molecule has 5 nitrogen and oxygen atoms in total. The first-order valence-electron chi connectivity index (χ1n) is 6.78. The monoisotopic (exact) mass is 273 g/mol. The van der Waals surface area contributed by atoms with Crippen molar-refractivity contribution < 1.29 is 9.53 Å². The summed E-state index contributed by atoms with van der Waals surface area (Å²) in [4.78, 5) is 14.1. The van der Waals surface area contributed by atoms with Crippen LogP contribution in [-0.2, 0) is 0 Å². The molecule has 1 unspecified atom stereocenters. The second-order valence-corrected chi connectivity index (χ2v) is 5.12. The number of hydrogen-bond donors (Lipinski definition) is 1. The number of piperidine rings is 1. The molecule has 2 amide bonds. The number of amides is 2. The number of nitrogens with one attached hydrogen (secondary N) is 1. The predicted octanol–water partition coefficient (Wildman–Crippen LogP) is 2.83. The molecule has 0 aromatic heterocycles. The fourth-order valence-electron chi connectivity index (χ4n) is 2.48. The number of anilines is 1. The van der Waals surface area contributed by atoms with E-state index in [9.17, 15) is 4.79 Å². The normalized spacial score (nSPS) is 18.2. The first kappa shape index (κ1) is 14.2. The number of carbonyl (C=O) groups is 1. The zero-order valence-corrected chi connectivity index (χ0v) is 11.8. The Morgan fingerprint density at radius 3 is 3.00 bits per heavy atom. The van der Waals surface area contributed by atoms with Crippen LogP contribution in [0.1, 0.15) is 25.3 Å². The van der Waals surface area contributed by atoms with Gasteiger partial charge in [-0.15, -0.1) is 0 Å². The maximum Gasteiger partial charge on any atom is 0.321 e. The van der Waals surface area contributed by atoms with Crippen molar-refractivity contribution >= 4 is 11.7 Å². The predicted molar refractivity (Wildman–Crippen MR) is 76.7 cm³/mol. The Labute approximate surface area is 119 Å². The van der Waals surface area contributed by atoms with Gasteiger partial charge in [-0.3, -0.25) is 0 Å². The minimum absolute atomic E-state index is 0.169. The van der Waals surface area contributed by atoms with E-state index < -0.39 is 0 Å². The molecule has 1 atom stereocenters. The third-order valence-corrected chi connectivity index (χ3v) is 3.54. The van der Waals surface area contributed by atoms with Crippen molar-refractivity contribution in [2.75, 3.05) is 25.5 Å². The number of rotatable bonds is 2. The van der Waals surface area contributed by atoms with E-state index in [0.29, 0.717) is 22.9 Å². The fourth-order valence-corrected chi connectivity index (χ4v) is 2.48. The highest BCUT2D eigenvalue weighted by Crippen LogP contribution is 2.28. The maximum atomic E-state index is 12.3. The lowest BCUT2D eigenvalue weighted by atomic mass is 10.0. The molecule has 0 spiro atoms. The number of ether oxygens (including phenoxy) is 1. The van der Waals surface area contributed by atoms with Crippen molar-refractivity contribution in [2.45, 2.75) is 19.8 Å². The van der Waals surface area contributed by atoms with E-state index >= 15 is 0 Å². The molecule has 1 saturated heterocycles. The Hall–Kier alpha value is -2.22. The molecule has 1 aliphatic heterocycles. The van der Waals surface area contributed by atoms with E-state index in [1.807, 2.05) is 0 Å². The lowest BCUT2D eigenvalue weighted by Crippen LogP contribution is -2.41. The number of hydrogen-bond acceptors (Lipinski definition) is 3. The van der Waals surface area contributed by atoms with Gasteiger partial charge in [-0.05, 0) is 30.9 Å². The summed E-state index contributed by atoms with van der Waals surface area (Å²) < 4.78 is 5.21. The Bertz CT molecular complexity index is 536. The Morgan fingerprint density at radius 2 is 2.35 bits per heavy atom. The molecule has 1 aromatic carbocycles. The van der Waals surface area contributed by atoms with Crippen molar-refractivity contribution in [3.8, 4) is 11.8 Å². The fraction of sp³-hybridized carbons (Fsp3) is 0.467. The third-order valence-electron chi connectivity index (χ3n) is 3.54. The molecular formula is C15H19N3O2. The number of likely N-dealkylation sites (tertiary alicyclic amines) is 1. The van der Waals surface area contributed by atoms with Crippen molar-refractivity contribution in [2.24, 2.45) is 5.92 Å². The van der Waals surface area contributed by atoms with E-state index in [0.717, 1.165) is 25.9 Å². The molecule has 106 valence electrons. The van der Waals surface area contributed by atoms with Gasteiger partial charge in [-0.25, -0.2) is 4.79 Å². The van der Waals surface area contributed by atoms with Gasteiger partial charge in [-0.2, -0.15) is 5.26 Å². The minimum Gasteiger partial charge on any atom is -0.495 e. The highest BCUT2D eigenvalue weighted by molar-refractivity contribution is 5.92. The zero-order chi connectivity index (χ0) is 14.5. The van der Waals surface area contributed by atoms with Crippen molar-refractivity contribution in [3.63, 3.8) is 0 Å². The van der Waals surface area contributed by atoms with Gasteiger partial charge in [0.15, 0.2) is 0 Å². The van der Waals surface area contributed by atoms with Gasteiger partial charge in [-0.1, -0.05) is 13.0 Å². The maximum absolute atomic E-state index is 12.3. The third kappa shape index (κ3) is 3.02. The van der Waals surface area contributed by atoms with Crippen LogP contribution in [0, 0.1) is 17.2 Å². The van der Waals surface area contributed by atoms with Gasteiger partial charge < -0.3 is 15.0 Å². The highest BCUT2D eigenvalue weighted by Gasteiger charge is 2.22. The quantitative estimate of drug-likeness (QED) is 0.901. The minimum atomic E-state index is -0.169. The number of urea groups is 1. The molecule has 1 N–H and O–H groups in total. The molecule has 2 rings (SSSR count). The van der Waals surface area contributed by atoms with Crippen LogP contribution in [0.15, 0.2) is 18.2 Å². The number of para-hydroxylation sites is 1. The van der Waals surface area contributed by atoms with E-state index in [1.54, 1.807) is 23.1 Å². The Balaban J connectivity index is 2.17. The lowest BCUT2D eigenvalue weighted by molar-refractivity contribution is 0.182. The van der Waals surface area contributed by atoms with Crippen LogP contribution >= 0.6 is 0 Å². The second kappa shape index (κ2) is 6.29. The van der Waals surface area contributed by atoms with Gasteiger partial charge in [0, 0.05) is 13.1 Å². The average molecular weight is 273 g/mol. The largest absolute Gasteiger partial charge is 0.495 e. The molecule has 1 aromatic rings. The second-order valence-electron chi connectivity index (χ2n) is 5.12. The Morgan fingerprint density at radius 1 is 1.55 bits per heavy atom. The zero-order valence-electron chi connectivity index (χ0n) is 11.8. The summed E-state index contributed by atoms with van der Waals surface area (Å²) in [5, 5.41) is 11.9. The smallest absolute Gasteiger partial charge is 0.321 e. The summed E-state index contributed by atoms with van der Waals surface area (Å²) in [5.74, 6) is 1.02. The molecule has 20 heavy (non-hydrogen) atoms. The van der Waals surface area contributed by atoms with Crippen LogP contribution in [0.3, 0.4) is 0 Å². The van der Waals surface area contributed by atoms with Crippen LogP contribution in [-0.4, -0.2) is 31.1 Å². The SMILES string of the molecule is COc1cccc(C#N)c1NC(=O)N1CCCC(C)C1. The van der Waals surface area contributed by atoms with Crippen LogP contribution in [0.2, 0.25) is 0 Å². The van der Waals surface area contributed by atoms with Gasteiger partial charge in [0.2, 0.25) is 0 Å². The summed E-state index contributed by atoms with van der Waals surface area (Å²) in [6.45, 7) is 3.65. The van der Waals surface area contributed by atoms with Crippen molar-refractivity contribution in [1.29, 1.82) is 5.26 Å². The molecule has 0 radical (unpaired) electrons. The summed E-state index contributed by atoms with van der Waals surface area (Å²) >= 11 is 0. The molecule has 1 fully saturated rings. The molecule has 1 aliphatic rings. The first-order valence-corrected chi connectivity index (χ1v) is 6.78. The first-order chi connectivity index (χ1) is 9.65.